The van der Waals surface area contributed by atoms with Crippen LogP contribution in [-0.2, 0) is 6.42 Å². The van der Waals surface area contributed by atoms with Crippen molar-refractivity contribution in [2.75, 3.05) is 4.90 Å². The highest BCUT2D eigenvalue weighted by Gasteiger charge is 2.22. The minimum atomic E-state index is 0.311. The molecule has 1 nitrogen and oxygen atoms in total. The molecular formula is C38H30ClNS. The third kappa shape index (κ3) is 5.22. The van der Waals surface area contributed by atoms with Crippen molar-refractivity contribution in [2.45, 2.75) is 25.2 Å². The van der Waals surface area contributed by atoms with Gasteiger partial charge < -0.3 is 4.90 Å². The number of hydrogen-bond acceptors (Lipinski definition) is 2. The summed E-state index contributed by atoms with van der Waals surface area (Å²) in [5.41, 5.74) is 7.60. The molecule has 3 heteroatoms. The molecule has 1 heterocycles. The minimum absolute atomic E-state index is 0.311. The standard InChI is InChI=1S/C38H30ClNS/c39-30-23-29(24-34(27-13-5-1-6-14-27)28-15-7-2-8-16-28)38-35-26-33(21-22-36(35)41-37(38)25-30)40(31-17-9-3-10-18-31)32-19-11-4-12-20-32/h1-7,9-15,17-23,25-26,34H,8,16,24H2. The molecule has 1 atom stereocenters. The zero-order valence-electron chi connectivity index (χ0n) is 22.7. The molecule has 0 aliphatic heterocycles. The van der Waals surface area contributed by atoms with Crippen molar-refractivity contribution in [1.29, 1.82) is 0 Å². The molecule has 41 heavy (non-hydrogen) atoms. The van der Waals surface area contributed by atoms with Gasteiger partial charge in [-0.1, -0.05) is 102 Å². The Morgan fingerprint density at radius 3 is 2.05 bits per heavy atom. The van der Waals surface area contributed by atoms with Crippen LogP contribution in [0.2, 0.25) is 5.02 Å². The maximum Gasteiger partial charge on any atom is 0.0468 e. The highest BCUT2D eigenvalue weighted by Crippen LogP contribution is 2.44. The van der Waals surface area contributed by atoms with E-state index in [-0.39, 0.29) is 0 Å². The largest absolute Gasteiger partial charge is 0.310 e. The van der Waals surface area contributed by atoms with Crippen LogP contribution in [-0.4, -0.2) is 0 Å². The molecule has 1 aliphatic carbocycles. The van der Waals surface area contributed by atoms with E-state index in [0.29, 0.717) is 5.92 Å². The molecule has 0 saturated heterocycles. The van der Waals surface area contributed by atoms with E-state index in [1.54, 1.807) is 0 Å². The van der Waals surface area contributed by atoms with Gasteiger partial charge in [0.15, 0.2) is 0 Å². The second-order valence-corrected chi connectivity index (χ2v) is 12.1. The number of para-hydroxylation sites is 2. The van der Waals surface area contributed by atoms with Crippen molar-refractivity contribution < 1.29 is 0 Å². The Bertz CT molecular complexity index is 1830. The Balaban J connectivity index is 1.40. The van der Waals surface area contributed by atoms with E-state index >= 15 is 0 Å². The van der Waals surface area contributed by atoms with E-state index in [1.165, 1.54) is 36.9 Å². The van der Waals surface area contributed by atoms with Gasteiger partial charge in [-0.25, -0.2) is 0 Å². The van der Waals surface area contributed by atoms with Crippen molar-refractivity contribution in [3.63, 3.8) is 0 Å². The summed E-state index contributed by atoms with van der Waals surface area (Å²) in [5, 5.41) is 3.42. The maximum atomic E-state index is 6.78. The third-order valence-corrected chi connectivity index (χ3v) is 9.34. The molecule has 1 aromatic heterocycles. The molecule has 5 aromatic carbocycles. The average Bonchev–Trinajstić information content (AvgIpc) is 3.39. The Kier molecular flexibility index (Phi) is 7.19. The molecule has 0 radical (unpaired) electrons. The molecule has 0 fully saturated rings. The molecule has 6 aromatic rings. The van der Waals surface area contributed by atoms with Crippen LogP contribution in [0.5, 0.6) is 0 Å². The van der Waals surface area contributed by atoms with Crippen LogP contribution in [0.4, 0.5) is 17.1 Å². The molecule has 0 saturated carbocycles. The van der Waals surface area contributed by atoms with Crippen LogP contribution in [0.3, 0.4) is 0 Å². The second kappa shape index (κ2) is 11.4. The van der Waals surface area contributed by atoms with Gasteiger partial charge in [-0.3, -0.25) is 0 Å². The van der Waals surface area contributed by atoms with E-state index in [4.69, 9.17) is 11.6 Å². The number of thiophene rings is 1. The van der Waals surface area contributed by atoms with Crippen molar-refractivity contribution >= 4 is 60.2 Å². The van der Waals surface area contributed by atoms with Gasteiger partial charge in [-0.05, 0) is 85.0 Å². The smallest absolute Gasteiger partial charge is 0.0468 e. The van der Waals surface area contributed by atoms with Crippen LogP contribution in [0.15, 0.2) is 145 Å². The first kappa shape index (κ1) is 25.8. The third-order valence-electron chi connectivity index (χ3n) is 8.01. The molecule has 0 N–H and O–H groups in total. The van der Waals surface area contributed by atoms with Crippen molar-refractivity contribution in [3.05, 3.63) is 161 Å². The summed E-state index contributed by atoms with van der Waals surface area (Å²) in [6.45, 7) is 0. The molecule has 0 amide bonds. The van der Waals surface area contributed by atoms with Crippen molar-refractivity contribution in [3.8, 4) is 0 Å². The number of hydrogen-bond donors (Lipinski definition) is 0. The fourth-order valence-electron chi connectivity index (χ4n) is 6.12. The first-order chi connectivity index (χ1) is 20.2. The van der Waals surface area contributed by atoms with E-state index in [9.17, 15) is 0 Å². The normalized spacial score (nSPS) is 13.8. The molecule has 200 valence electrons. The zero-order valence-corrected chi connectivity index (χ0v) is 24.3. The Labute approximate surface area is 250 Å². The van der Waals surface area contributed by atoms with Crippen LogP contribution in [0.1, 0.15) is 29.9 Å². The van der Waals surface area contributed by atoms with E-state index < -0.39 is 0 Å². The molecule has 7 rings (SSSR count). The van der Waals surface area contributed by atoms with Gasteiger partial charge in [0.25, 0.3) is 0 Å². The van der Waals surface area contributed by atoms with Crippen LogP contribution >= 0.6 is 22.9 Å². The van der Waals surface area contributed by atoms with Gasteiger partial charge in [0.1, 0.15) is 0 Å². The number of rotatable bonds is 7. The topological polar surface area (TPSA) is 3.24 Å². The van der Waals surface area contributed by atoms with E-state index in [2.05, 4.69) is 144 Å². The molecule has 1 unspecified atom stereocenters. The fraction of sp³-hybridized carbons (Fsp3) is 0.105. The summed E-state index contributed by atoms with van der Waals surface area (Å²) in [6, 6.07) is 43.4. The van der Waals surface area contributed by atoms with Gasteiger partial charge in [0.05, 0.1) is 0 Å². The predicted octanol–water partition coefficient (Wildman–Crippen LogP) is 11.8. The molecular weight excluding hydrogens is 538 g/mol. The second-order valence-electron chi connectivity index (χ2n) is 10.6. The van der Waals surface area contributed by atoms with Crippen LogP contribution in [0, 0.1) is 0 Å². The fourth-order valence-corrected chi connectivity index (χ4v) is 7.60. The monoisotopic (exact) mass is 567 g/mol. The lowest BCUT2D eigenvalue weighted by molar-refractivity contribution is 0.734. The first-order valence-electron chi connectivity index (χ1n) is 14.2. The number of halogens is 1. The van der Waals surface area contributed by atoms with E-state index in [0.717, 1.165) is 41.3 Å². The maximum absolute atomic E-state index is 6.78. The molecule has 1 aliphatic rings. The molecule has 0 bridgehead atoms. The number of nitrogens with zero attached hydrogens (tertiary/aromatic N) is 1. The van der Waals surface area contributed by atoms with Gasteiger partial charge in [0, 0.05) is 48.2 Å². The highest BCUT2D eigenvalue weighted by molar-refractivity contribution is 7.25. The number of anilines is 3. The number of fused-ring (bicyclic) bond motifs is 3. The SMILES string of the molecule is Clc1cc(CC(C2=CC=CCC2)c2ccccc2)c2c(c1)sc1ccc(N(c3ccccc3)c3ccccc3)cc12. The van der Waals surface area contributed by atoms with Crippen LogP contribution in [0.25, 0.3) is 20.2 Å². The summed E-state index contributed by atoms with van der Waals surface area (Å²) < 4.78 is 2.53. The Hall–Kier alpha value is -4.11. The Morgan fingerprint density at radius 2 is 1.39 bits per heavy atom. The highest BCUT2D eigenvalue weighted by atomic mass is 35.5. The van der Waals surface area contributed by atoms with Gasteiger partial charge in [0.2, 0.25) is 0 Å². The molecule has 0 spiro atoms. The summed E-state index contributed by atoms with van der Waals surface area (Å²) in [4.78, 5) is 2.34. The van der Waals surface area contributed by atoms with Gasteiger partial charge in [-0.15, -0.1) is 11.3 Å². The average molecular weight is 568 g/mol. The van der Waals surface area contributed by atoms with Crippen molar-refractivity contribution in [1.82, 2.24) is 0 Å². The van der Waals surface area contributed by atoms with E-state index in [1.807, 2.05) is 11.3 Å². The quantitative estimate of drug-likeness (QED) is 0.185. The lowest BCUT2D eigenvalue weighted by Gasteiger charge is -2.25. The summed E-state index contributed by atoms with van der Waals surface area (Å²) in [7, 11) is 0. The number of benzene rings is 5. The minimum Gasteiger partial charge on any atom is -0.310 e. The predicted molar refractivity (Wildman–Crippen MR) is 178 cm³/mol. The van der Waals surface area contributed by atoms with Gasteiger partial charge >= 0.3 is 0 Å². The summed E-state index contributed by atoms with van der Waals surface area (Å²) >= 11 is 8.61. The lowest BCUT2D eigenvalue weighted by Crippen LogP contribution is -2.09. The van der Waals surface area contributed by atoms with Crippen molar-refractivity contribution in [2.24, 2.45) is 0 Å². The van der Waals surface area contributed by atoms with Crippen LogP contribution < -0.4 is 4.90 Å². The Morgan fingerprint density at radius 1 is 0.707 bits per heavy atom. The first-order valence-corrected chi connectivity index (χ1v) is 15.4. The summed E-state index contributed by atoms with van der Waals surface area (Å²) in [6.07, 6.45) is 9.91. The van der Waals surface area contributed by atoms with Gasteiger partial charge in [-0.2, -0.15) is 0 Å². The number of allylic oxidation sites excluding steroid dienone is 4. The summed E-state index contributed by atoms with van der Waals surface area (Å²) in [5.74, 6) is 0.311. The lowest BCUT2D eigenvalue weighted by atomic mass is 9.81. The zero-order chi connectivity index (χ0) is 27.6.